The van der Waals surface area contributed by atoms with E-state index >= 15 is 0 Å². The Morgan fingerprint density at radius 2 is 2.11 bits per heavy atom. The minimum Gasteiger partial charge on any atom is -0.360 e. The molecule has 4 N–H and O–H groups in total. The summed E-state index contributed by atoms with van der Waals surface area (Å²) < 4.78 is 4.90. The molecule has 0 spiro atoms. The third-order valence-electron chi connectivity index (χ3n) is 5.05. The Morgan fingerprint density at radius 1 is 1.36 bits per heavy atom. The Labute approximate surface area is 175 Å². The summed E-state index contributed by atoms with van der Waals surface area (Å²) in [6, 6.07) is 1.95. The number of anilines is 1. The highest BCUT2D eigenvalue weighted by Gasteiger charge is 2.27. The second-order valence-corrected chi connectivity index (χ2v) is 9.02. The molecule has 4 atom stereocenters. The van der Waals surface area contributed by atoms with Gasteiger partial charge in [-0.2, -0.15) is 0 Å². The molecule has 1 aromatic rings. The second-order valence-electron chi connectivity index (χ2n) is 7.29. The summed E-state index contributed by atoms with van der Waals surface area (Å²) in [5.41, 5.74) is 5.32. The van der Waals surface area contributed by atoms with Crippen LogP contribution in [0.25, 0.3) is 0 Å². The molecule has 0 saturated heterocycles. The topological polar surface area (TPSA) is 108 Å². The van der Waals surface area contributed by atoms with Crippen LogP contribution in [0.3, 0.4) is 0 Å². The number of hydrogen-bond donors (Lipinski definition) is 4. The molecule has 0 unspecified atom stereocenters. The number of nitrogens with zero attached hydrogens (tertiary/aromatic N) is 1. The normalized spacial score (nSPS) is 22.8. The zero-order valence-electron chi connectivity index (χ0n) is 16.7. The van der Waals surface area contributed by atoms with Crippen LogP contribution in [-0.2, 0) is 9.59 Å². The highest BCUT2D eigenvalue weighted by Crippen LogP contribution is 2.29. The van der Waals surface area contributed by atoms with Crippen molar-refractivity contribution in [3.63, 3.8) is 0 Å². The van der Waals surface area contributed by atoms with Gasteiger partial charge in [0, 0.05) is 12.1 Å². The number of hydrogen-bond acceptors (Lipinski definition) is 6. The molecule has 8 nitrogen and oxygen atoms in total. The standard InChI is InChI=1S/C18H29N5O3S2/c1-10-6-5-7-14(12(10)3)19-18(27)22-21-16(24)9-28-13(4)17(25)20-15-8-11(2)26-23-15/h8,10,12-14H,5-7,9H2,1-4H3,(H,21,24)(H2,19,22,27)(H,20,23,25)/t10-,12-,13+,14+/m0/s1. The molecule has 0 aromatic carbocycles. The summed E-state index contributed by atoms with van der Waals surface area (Å²) in [7, 11) is 0. The van der Waals surface area contributed by atoms with E-state index in [4.69, 9.17) is 16.7 Å². The van der Waals surface area contributed by atoms with Gasteiger partial charge in [0.1, 0.15) is 5.76 Å². The summed E-state index contributed by atoms with van der Waals surface area (Å²) in [5.74, 6) is 1.81. The third kappa shape index (κ3) is 6.97. The van der Waals surface area contributed by atoms with Crippen LogP contribution in [0.5, 0.6) is 0 Å². The number of aromatic nitrogens is 1. The number of thioether (sulfide) groups is 1. The summed E-state index contributed by atoms with van der Waals surface area (Å²) in [4.78, 5) is 24.1. The highest BCUT2D eigenvalue weighted by atomic mass is 32.2. The van der Waals surface area contributed by atoms with Crippen molar-refractivity contribution < 1.29 is 14.1 Å². The third-order valence-corrected chi connectivity index (χ3v) is 6.41. The molecule has 1 aromatic heterocycles. The Kier molecular flexibility index (Phi) is 8.56. The largest absolute Gasteiger partial charge is 0.360 e. The average molecular weight is 428 g/mol. The van der Waals surface area contributed by atoms with E-state index in [1.165, 1.54) is 24.6 Å². The molecule has 1 saturated carbocycles. The fourth-order valence-electron chi connectivity index (χ4n) is 3.08. The predicted octanol–water partition coefficient (Wildman–Crippen LogP) is 2.36. The van der Waals surface area contributed by atoms with Crippen LogP contribution < -0.4 is 21.5 Å². The lowest BCUT2D eigenvalue weighted by atomic mass is 9.78. The molecule has 0 radical (unpaired) electrons. The molecule has 10 heteroatoms. The van der Waals surface area contributed by atoms with Crippen LogP contribution >= 0.6 is 24.0 Å². The van der Waals surface area contributed by atoms with Gasteiger partial charge < -0.3 is 15.2 Å². The maximum atomic E-state index is 12.1. The van der Waals surface area contributed by atoms with Gasteiger partial charge in [-0.25, -0.2) is 0 Å². The number of amides is 2. The minimum atomic E-state index is -0.419. The maximum absolute atomic E-state index is 12.1. The Morgan fingerprint density at radius 3 is 2.79 bits per heavy atom. The summed E-state index contributed by atoms with van der Waals surface area (Å²) >= 11 is 6.49. The van der Waals surface area contributed by atoms with Crippen molar-refractivity contribution >= 4 is 46.7 Å². The van der Waals surface area contributed by atoms with E-state index in [1.807, 2.05) is 0 Å². The van der Waals surface area contributed by atoms with Crippen LogP contribution in [0.1, 0.15) is 45.8 Å². The molecule has 1 fully saturated rings. The first-order valence-corrected chi connectivity index (χ1v) is 10.9. The molecular formula is C18H29N5O3S2. The number of nitrogens with one attached hydrogen (secondary N) is 4. The lowest BCUT2D eigenvalue weighted by Gasteiger charge is -2.35. The highest BCUT2D eigenvalue weighted by molar-refractivity contribution is 8.01. The van der Waals surface area contributed by atoms with E-state index < -0.39 is 5.25 Å². The van der Waals surface area contributed by atoms with Gasteiger partial charge in [0.25, 0.3) is 0 Å². The van der Waals surface area contributed by atoms with Gasteiger partial charge in [-0.3, -0.25) is 20.4 Å². The summed E-state index contributed by atoms with van der Waals surface area (Å²) in [6.45, 7) is 7.96. The van der Waals surface area contributed by atoms with Gasteiger partial charge in [-0.1, -0.05) is 31.8 Å². The lowest BCUT2D eigenvalue weighted by Crippen LogP contribution is -2.52. The van der Waals surface area contributed by atoms with Gasteiger partial charge in [0.2, 0.25) is 11.8 Å². The number of rotatable bonds is 6. The van der Waals surface area contributed by atoms with Gasteiger partial charge in [-0.05, 0) is 44.3 Å². The monoisotopic (exact) mass is 427 g/mol. The van der Waals surface area contributed by atoms with Crippen LogP contribution in [0.2, 0.25) is 0 Å². The molecule has 2 amide bonds. The molecular weight excluding hydrogens is 398 g/mol. The van der Waals surface area contributed by atoms with Gasteiger partial charge >= 0.3 is 0 Å². The van der Waals surface area contributed by atoms with Gasteiger partial charge in [0.05, 0.1) is 11.0 Å². The molecule has 0 bridgehead atoms. The summed E-state index contributed by atoms with van der Waals surface area (Å²) in [5, 5.41) is 9.64. The minimum absolute atomic E-state index is 0.124. The summed E-state index contributed by atoms with van der Waals surface area (Å²) in [6.07, 6.45) is 3.51. The smallest absolute Gasteiger partial charge is 0.248 e. The van der Waals surface area contributed by atoms with E-state index in [0.29, 0.717) is 34.6 Å². The van der Waals surface area contributed by atoms with Gasteiger partial charge in [0.15, 0.2) is 10.9 Å². The van der Waals surface area contributed by atoms with Gasteiger partial charge in [-0.15, -0.1) is 11.8 Å². The molecule has 28 heavy (non-hydrogen) atoms. The number of hydrazine groups is 1. The first-order chi connectivity index (χ1) is 13.3. The zero-order valence-corrected chi connectivity index (χ0v) is 18.3. The Balaban J connectivity index is 1.64. The van der Waals surface area contributed by atoms with E-state index in [2.05, 4.69) is 40.5 Å². The van der Waals surface area contributed by atoms with Crippen molar-refractivity contribution in [3.8, 4) is 0 Å². The second kappa shape index (κ2) is 10.7. The van der Waals surface area contributed by atoms with Crippen molar-refractivity contribution in [3.05, 3.63) is 11.8 Å². The molecule has 156 valence electrons. The molecule has 2 rings (SSSR count). The van der Waals surface area contributed by atoms with E-state index in [1.54, 1.807) is 19.9 Å². The predicted molar refractivity (Wildman–Crippen MR) is 115 cm³/mol. The molecule has 1 heterocycles. The van der Waals surface area contributed by atoms with Crippen LogP contribution in [0.15, 0.2) is 10.6 Å². The first-order valence-electron chi connectivity index (χ1n) is 9.47. The number of carbonyl (C=O) groups excluding carboxylic acids is 2. The molecule has 1 aliphatic carbocycles. The fourth-order valence-corrected chi connectivity index (χ4v) is 3.97. The van der Waals surface area contributed by atoms with Crippen molar-refractivity contribution in [2.24, 2.45) is 11.8 Å². The van der Waals surface area contributed by atoms with Crippen molar-refractivity contribution in [2.75, 3.05) is 11.1 Å². The van der Waals surface area contributed by atoms with E-state index in [9.17, 15) is 9.59 Å². The van der Waals surface area contributed by atoms with Crippen molar-refractivity contribution in [1.82, 2.24) is 21.3 Å². The fraction of sp³-hybridized carbons (Fsp3) is 0.667. The lowest BCUT2D eigenvalue weighted by molar-refractivity contribution is -0.119. The van der Waals surface area contributed by atoms with Crippen molar-refractivity contribution in [1.29, 1.82) is 0 Å². The Hall–Kier alpha value is -1.81. The molecule has 1 aliphatic rings. The quantitative estimate of drug-likeness (QED) is 0.405. The van der Waals surface area contributed by atoms with E-state index in [0.717, 1.165) is 6.42 Å². The average Bonchev–Trinajstić information content (AvgIpc) is 3.06. The first kappa shape index (κ1) is 22.5. The van der Waals surface area contributed by atoms with Crippen molar-refractivity contribution in [2.45, 2.75) is 58.2 Å². The van der Waals surface area contributed by atoms with Crippen LogP contribution in [0.4, 0.5) is 5.82 Å². The number of carbonyl (C=O) groups is 2. The number of thiocarbonyl (C=S) groups is 1. The number of aryl methyl sites for hydroxylation is 1. The van der Waals surface area contributed by atoms with E-state index in [-0.39, 0.29) is 17.6 Å². The van der Waals surface area contributed by atoms with Crippen LogP contribution in [0, 0.1) is 18.8 Å². The molecule has 0 aliphatic heterocycles. The SMILES string of the molecule is Cc1cc(NC(=O)[C@@H](C)SCC(=O)NNC(=S)N[C@@H]2CCC[C@H](C)[C@@H]2C)no1. The Bertz CT molecular complexity index is 697. The van der Waals surface area contributed by atoms with Crippen LogP contribution in [-0.4, -0.2) is 39.1 Å². The zero-order chi connectivity index (χ0) is 20.7. The maximum Gasteiger partial charge on any atom is 0.248 e.